The van der Waals surface area contributed by atoms with Gasteiger partial charge in [0, 0.05) is 67.0 Å². The van der Waals surface area contributed by atoms with E-state index in [0.29, 0.717) is 35.7 Å². The molecule has 0 amide bonds. The second kappa shape index (κ2) is 14.9. The number of aliphatic imine (C=N–C) groups is 4. The number of nitrogens with zero attached hydrogens (tertiary/aromatic N) is 6. The van der Waals surface area contributed by atoms with E-state index in [-0.39, 0.29) is 5.92 Å². The number of aromatic amines is 1. The van der Waals surface area contributed by atoms with E-state index in [0.717, 1.165) is 82.9 Å². The van der Waals surface area contributed by atoms with Crippen LogP contribution in [0.3, 0.4) is 0 Å². The molecule has 11 nitrogen and oxygen atoms in total. The largest absolute Gasteiger partial charge is 0.446 e. The molecule has 5 aliphatic rings. The lowest BCUT2D eigenvalue weighted by Gasteiger charge is -2.29. The van der Waals surface area contributed by atoms with Crippen LogP contribution in [0.2, 0.25) is 0 Å². The number of allylic oxidation sites excluding steroid dienone is 3. The fraction of sp³-hybridized carbons (Fsp3) is 0.304. The Hall–Kier alpha value is -6.36. The van der Waals surface area contributed by atoms with E-state index < -0.39 is 0 Å². The zero-order chi connectivity index (χ0) is 38.3. The highest BCUT2D eigenvalue weighted by molar-refractivity contribution is 6.27. The summed E-state index contributed by atoms with van der Waals surface area (Å²) in [5.41, 5.74) is 9.70. The van der Waals surface area contributed by atoms with Crippen LogP contribution in [-0.2, 0) is 0 Å². The van der Waals surface area contributed by atoms with E-state index in [4.69, 9.17) is 28.8 Å². The molecule has 57 heavy (non-hydrogen) atoms. The number of aryl methyl sites for hydroxylation is 2. The van der Waals surface area contributed by atoms with Crippen LogP contribution in [0.25, 0.3) is 5.70 Å². The number of hydrogen-bond donors (Lipinski definition) is 3. The van der Waals surface area contributed by atoms with E-state index in [1.54, 1.807) is 0 Å². The van der Waals surface area contributed by atoms with Crippen molar-refractivity contribution < 1.29 is 8.83 Å². The van der Waals surface area contributed by atoms with Crippen molar-refractivity contribution in [2.45, 2.75) is 58.8 Å². The molecule has 0 aliphatic carbocycles. The quantitative estimate of drug-likeness (QED) is 0.138. The van der Waals surface area contributed by atoms with Crippen LogP contribution in [0.5, 0.6) is 0 Å². The Kier molecular flexibility index (Phi) is 9.20. The molecule has 2 aromatic carbocycles. The first-order chi connectivity index (χ1) is 28.0. The molecule has 1 atom stereocenters. The summed E-state index contributed by atoms with van der Waals surface area (Å²) in [6.45, 7) is 8.12. The van der Waals surface area contributed by atoms with Gasteiger partial charge in [-0.3, -0.25) is 0 Å². The van der Waals surface area contributed by atoms with Crippen LogP contribution in [0.15, 0.2) is 126 Å². The zero-order valence-corrected chi connectivity index (χ0v) is 32.5. The van der Waals surface area contributed by atoms with Crippen LogP contribution in [0.1, 0.15) is 73.3 Å². The van der Waals surface area contributed by atoms with Gasteiger partial charge < -0.3 is 34.3 Å². The average Bonchev–Trinajstić information content (AvgIpc) is 3.97. The van der Waals surface area contributed by atoms with E-state index in [2.05, 4.69) is 74.0 Å². The smallest absolute Gasteiger partial charge is 0.197 e. The number of anilines is 6. The molecular formula is C46H47N9O2. The lowest BCUT2D eigenvalue weighted by molar-refractivity contribution is 0.550. The number of rotatable bonds is 9. The Bertz CT molecular complexity index is 2390. The van der Waals surface area contributed by atoms with Crippen molar-refractivity contribution in [2.75, 3.05) is 46.6 Å². The summed E-state index contributed by atoms with van der Waals surface area (Å²) in [6, 6.07) is 25.2. The zero-order valence-electron chi connectivity index (χ0n) is 32.5. The topological polar surface area (TPSA) is 122 Å². The Balaban J connectivity index is 1.12. The lowest BCUT2D eigenvalue weighted by atomic mass is 9.96. The standard InChI is InChI=1S/C46H47N9O2/c1-29-11-17-42(56-29)48-40-27-32(54-20-5-3-6-21-54)13-15-34(40)38-25-31-24-36-44(50-38)52-46(37-10-9-19-47-37)53-45(36)51-39(26-31)35-16-14-33(55-22-7-4-8-23-55)28-41(35)49-43-18-12-30(2)57-43/h9-19,25-28,36,47-49H,3-8,20-24H2,1-2H3. The van der Waals surface area contributed by atoms with Crippen LogP contribution in [-0.4, -0.2) is 54.4 Å². The van der Waals surface area contributed by atoms with Crippen molar-refractivity contribution in [1.82, 2.24) is 4.98 Å². The maximum atomic E-state index is 6.05. The van der Waals surface area contributed by atoms with E-state index in [1.165, 1.54) is 49.9 Å². The van der Waals surface area contributed by atoms with Crippen LogP contribution >= 0.6 is 0 Å². The molecule has 0 saturated carbocycles. The number of nitrogens with one attached hydrogen (secondary N) is 3. The number of hydrogen-bond acceptors (Lipinski definition) is 10. The number of aromatic nitrogens is 1. The fourth-order valence-electron chi connectivity index (χ4n) is 8.51. The molecule has 0 radical (unpaired) electrons. The normalized spacial score (nSPS) is 19.4. The highest BCUT2D eigenvalue weighted by Gasteiger charge is 2.34. The number of fused-ring (bicyclic) bond motifs is 1. The van der Waals surface area contributed by atoms with Crippen LogP contribution < -0.4 is 20.4 Å². The summed E-state index contributed by atoms with van der Waals surface area (Å²) in [7, 11) is 0. The van der Waals surface area contributed by atoms with Gasteiger partial charge in [-0.15, -0.1) is 0 Å². The van der Waals surface area contributed by atoms with E-state index in [9.17, 15) is 0 Å². The summed E-state index contributed by atoms with van der Waals surface area (Å²) >= 11 is 0. The Morgan fingerprint density at radius 3 is 1.84 bits per heavy atom. The molecule has 0 spiro atoms. The van der Waals surface area contributed by atoms with Crippen molar-refractivity contribution in [3.8, 4) is 0 Å². The minimum atomic E-state index is -0.227. The van der Waals surface area contributed by atoms with Gasteiger partial charge in [-0.05, 0) is 137 Å². The van der Waals surface area contributed by atoms with E-state index in [1.807, 2.05) is 56.4 Å². The summed E-state index contributed by atoms with van der Waals surface area (Å²) in [5, 5.41) is 7.23. The molecule has 5 aliphatic heterocycles. The molecule has 3 aromatic heterocycles. The van der Waals surface area contributed by atoms with Crippen molar-refractivity contribution in [3.05, 3.63) is 125 Å². The molecule has 11 heteroatoms. The predicted octanol–water partition coefficient (Wildman–Crippen LogP) is 10.3. The van der Waals surface area contributed by atoms with Crippen molar-refractivity contribution in [1.29, 1.82) is 0 Å². The van der Waals surface area contributed by atoms with Gasteiger partial charge in [-0.2, -0.15) is 0 Å². The lowest BCUT2D eigenvalue weighted by Crippen LogP contribution is -2.29. The third-order valence-corrected chi connectivity index (χ3v) is 11.5. The van der Waals surface area contributed by atoms with Crippen LogP contribution in [0, 0.1) is 19.8 Å². The molecule has 288 valence electrons. The molecular weight excluding hydrogens is 711 g/mol. The van der Waals surface area contributed by atoms with Gasteiger partial charge in [0.15, 0.2) is 17.6 Å². The molecule has 3 N–H and O–H groups in total. The summed E-state index contributed by atoms with van der Waals surface area (Å²) in [4.78, 5) is 29.2. The second-order valence-corrected chi connectivity index (χ2v) is 15.6. The van der Waals surface area contributed by atoms with Gasteiger partial charge in [-0.25, -0.2) is 20.0 Å². The monoisotopic (exact) mass is 757 g/mol. The van der Waals surface area contributed by atoms with Crippen molar-refractivity contribution in [3.63, 3.8) is 0 Å². The third-order valence-electron chi connectivity index (χ3n) is 11.5. The fourth-order valence-corrected chi connectivity index (χ4v) is 8.51. The Labute approximate surface area is 332 Å². The molecule has 5 aromatic rings. The van der Waals surface area contributed by atoms with Crippen LogP contribution in [0.4, 0.5) is 34.5 Å². The van der Waals surface area contributed by atoms with Gasteiger partial charge in [0.1, 0.15) is 23.2 Å². The maximum Gasteiger partial charge on any atom is 0.197 e. The van der Waals surface area contributed by atoms with E-state index >= 15 is 0 Å². The molecule has 1 unspecified atom stereocenters. The summed E-state index contributed by atoms with van der Waals surface area (Å²) < 4.78 is 12.1. The van der Waals surface area contributed by atoms with Crippen molar-refractivity contribution in [2.24, 2.45) is 25.9 Å². The van der Waals surface area contributed by atoms with Gasteiger partial charge in [0.05, 0.1) is 34.4 Å². The SMILES string of the molecule is Cc1ccc(Nc2cc(N3CCCCC3)ccc2C2=CC3=CC(c4ccc(N5CCCCC5)cc4Nc4ccc(C)o4)=NC4=NC(c5ccc[nH]5)=NC(=N2)C4C3)o1. The summed E-state index contributed by atoms with van der Waals surface area (Å²) in [5.74, 6) is 4.79. The predicted molar refractivity (Wildman–Crippen MR) is 231 cm³/mol. The maximum absolute atomic E-state index is 6.05. The number of piperidine rings is 2. The van der Waals surface area contributed by atoms with Crippen molar-refractivity contribution >= 4 is 63.4 Å². The third kappa shape index (κ3) is 7.25. The first kappa shape index (κ1) is 35.1. The highest BCUT2D eigenvalue weighted by Crippen LogP contribution is 2.39. The first-order valence-electron chi connectivity index (χ1n) is 20.4. The molecule has 2 fully saturated rings. The molecule has 10 rings (SSSR count). The van der Waals surface area contributed by atoms with Gasteiger partial charge in [0.25, 0.3) is 0 Å². The average molecular weight is 758 g/mol. The Morgan fingerprint density at radius 2 is 1.25 bits per heavy atom. The molecule has 2 bridgehead atoms. The number of furan rings is 2. The first-order valence-corrected chi connectivity index (χ1v) is 20.4. The van der Waals surface area contributed by atoms with Gasteiger partial charge in [-0.1, -0.05) is 0 Å². The number of amidine groups is 3. The second-order valence-electron chi connectivity index (χ2n) is 15.6. The van der Waals surface area contributed by atoms with Gasteiger partial charge in [0.2, 0.25) is 0 Å². The highest BCUT2D eigenvalue weighted by atomic mass is 16.4. The number of H-pyrrole nitrogens is 1. The minimum Gasteiger partial charge on any atom is -0.446 e. The summed E-state index contributed by atoms with van der Waals surface area (Å²) in [6.07, 6.45) is 14.3. The minimum absolute atomic E-state index is 0.227. The molecule has 2 saturated heterocycles. The molecule has 8 heterocycles. The number of benzene rings is 2. The Morgan fingerprint density at radius 1 is 0.632 bits per heavy atom. The van der Waals surface area contributed by atoms with Gasteiger partial charge >= 0.3 is 0 Å².